The van der Waals surface area contributed by atoms with Gasteiger partial charge in [-0.1, -0.05) is 60.7 Å². The number of carbonyl (C=O) groups excluding carboxylic acids is 1. The SMILES string of the molecule is CC(NC(=O)c1c(-c2ccccc2)c(-c2ccccc2)n[nH]c1=O)C12CC3CC(CC(C3)C1)C2. The quantitative estimate of drug-likeness (QED) is 0.540. The van der Waals surface area contributed by atoms with Gasteiger partial charge in [-0.05, 0) is 74.2 Å². The summed E-state index contributed by atoms with van der Waals surface area (Å²) in [6, 6.07) is 19.4. The van der Waals surface area contributed by atoms with Gasteiger partial charge in [-0.3, -0.25) is 9.59 Å². The summed E-state index contributed by atoms with van der Waals surface area (Å²) >= 11 is 0. The minimum Gasteiger partial charge on any atom is -0.349 e. The lowest BCUT2D eigenvalue weighted by Crippen LogP contribution is -2.56. The van der Waals surface area contributed by atoms with E-state index in [4.69, 9.17) is 0 Å². The van der Waals surface area contributed by atoms with E-state index < -0.39 is 5.56 Å². The molecule has 2 N–H and O–H groups in total. The zero-order valence-corrected chi connectivity index (χ0v) is 19.6. The van der Waals surface area contributed by atoms with Gasteiger partial charge in [0.25, 0.3) is 11.5 Å². The van der Waals surface area contributed by atoms with Crippen molar-refractivity contribution in [3.63, 3.8) is 0 Å². The first-order valence-electron chi connectivity index (χ1n) is 12.6. The van der Waals surface area contributed by atoms with Crippen LogP contribution in [0.3, 0.4) is 0 Å². The number of H-pyrrole nitrogens is 1. The van der Waals surface area contributed by atoms with Crippen LogP contribution < -0.4 is 10.9 Å². The summed E-state index contributed by atoms with van der Waals surface area (Å²) in [5, 5.41) is 10.3. The van der Waals surface area contributed by atoms with Gasteiger partial charge in [-0.15, -0.1) is 0 Å². The maximum absolute atomic E-state index is 13.8. The second-order valence-corrected chi connectivity index (χ2v) is 10.9. The fourth-order valence-corrected chi connectivity index (χ4v) is 7.49. The zero-order valence-electron chi connectivity index (χ0n) is 19.6. The summed E-state index contributed by atoms with van der Waals surface area (Å²) < 4.78 is 0. The van der Waals surface area contributed by atoms with E-state index in [0.717, 1.165) is 28.9 Å². The highest BCUT2D eigenvalue weighted by Gasteiger charge is 2.53. The van der Waals surface area contributed by atoms with Gasteiger partial charge in [0.05, 0.1) is 5.69 Å². The molecule has 0 radical (unpaired) electrons. The van der Waals surface area contributed by atoms with E-state index in [1.807, 2.05) is 60.7 Å². The van der Waals surface area contributed by atoms with E-state index in [0.29, 0.717) is 11.3 Å². The third-order valence-corrected chi connectivity index (χ3v) is 8.67. The molecule has 1 heterocycles. The van der Waals surface area contributed by atoms with Gasteiger partial charge < -0.3 is 5.32 Å². The number of rotatable bonds is 5. The van der Waals surface area contributed by atoms with E-state index in [2.05, 4.69) is 22.4 Å². The summed E-state index contributed by atoms with van der Waals surface area (Å²) in [6.45, 7) is 2.15. The lowest BCUT2D eigenvalue weighted by atomic mass is 9.48. The maximum atomic E-state index is 13.8. The normalized spacial score (nSPS) is 28.0. The van der Waals surface area contributed by atoms with Crippen LogP contribution in [0.2, 0.25) is 0 Å². The van der Waals surface area contributed by atoms with Crippen LogP contribution in [0.15, 0.2) is 65.5 Å². The molecular formula is C29H31N3O2. The molecule has 0 saturated heterocycles. The Hall–Kier alpha value is -3.21. The van der Waals surface area contributed by atoms with E-state index in [1.165, 1.54) is 38.5 Å². The maximum Gasteiger partial charge on any atom is 0.277 e. The second-order valence-electron chi connectivity index (χ2n) is 10.9. The standard InChI is InChI=1S/C29H31N3O2/c1-18(29-15-19-12-20(16-29)14-21(13-19)17-29)30-27(33)25-24(22-8-4-2-5-9-22)26(31-32-28(25)34)23-10-6-3-7-11-23/h2-11,18-21H,12-17H2,1H3,(H,30,33)(H,32,34). The van der Waals surface area contributed by atoms with Gasteiger partial charge in [-0.25, -0.2) is 5.10 Å². The molecule has 34 heavy (non-hydrogen) atoms. The van der Waals surface area contributed by atoms with Crippen LogP contribution in [0.5, 0.6) is 0 Å². The van der Waals surface area contributed by atoms with Crippen molar-refractivity contribution in [3.05, 3.63) is 76.6 Å². The Morgan fingerprint density at radius 1 is 0.912 bits per heavy atom. The van der Waals surface area contributed by atoms with Crippen molar-refractivity contribution in [2.75, 3.05) is 0 Å². The molecule has 2 aromatic carbocycles. The topological polar surface area (TPSA) is 74.8 Å². The van der Waals surface area contributed by atoms with Crippen molar-refractivity contribution in [1.82, 2.24) is 15.5 Å². The molecule has 5 heteroatoms. The highest BCUT2D eigenvalue weighted by atomic mass is 16.2. The smallest absolute Gasteiger partial charge is 0.277 e. The largest absolute Gasteiger partial charge is 0.349 e. The Morgan fingerprint density at radius 3 is 2.00 bits per heavy atom. The molecule has 1 aromatic heterocycles. The molecule has 7 rings (SSSR count). The van der Waals surface area contributed by atoms with E-state index >= 15 is 0 Å². The molecule has 3 aromatic rings. The molecule has 0 aliphatic heterocycles. The van der Waals surface area contributed by atoms with Crippen molar-refractivity contribution in [3.8, 4) is 22.4 Å². The van der Waals surface area contributed by atoms with Crippen molar-refractivity contribution in [2.24, 2.45) is 23.2 Å². The van der Waals surface area contributed by atoms with Gasteiger partial charge in [0.1, 0.15) is 5.56 Å². The minimum atomic E-state index is -0.450. The molecule has 4 bridgehead atoms. The molecule has 5 nitrogen and oxygen atoms in total. The van der Waals surface area contributed by atoms with Crippen LogP contribution in [0.1, 0.15) is 55.8 Å². The van der Waals surface area contributed by atoms with E-state index in [1.54, 1.807) is 0 Å². The molecule has 1 unspecified atom stereocenters. The van der Waals surface area contributed by atoms with Gasteiger partial charge in [0.15, 0.2) is 0 Å². The van der Waals surface area contributed by atoms with Crippen LogP contribution in [-0.2, 0) is 0 Å². The number of benzene rings is 2. The first-order chi connectivity index (χ1) is 16.5. The number of aromatic nitrogens is 2. The first kappa shape index (κ1) is 21.3. The number of aromatic amines is 1. The lowest BCUT2D eigenvalue weighted by Gasteiger charge is -2.59. The van der Waals surface area contributed by atoms with Crippen molar-refractivity contribution in [1.29, 1.82) is 0 Å². The molecule has 4 fully saturated rings. The van der Waals surface area contributed by atoms with E-state index in [9.17, 15) is 9.59 Å². The number of carbonyl (C=O) groups is 1. The fraction of sp³-hybridized carbons (Fsp3) is 0.414. The minimum absolute atomic E-state index is 0.0322. The highest BCUT2D eigenvalue weighted by Crippen LogP contribution is 2.61. The monoisotopic (exact) mass is 453 g/mol. The highest BCUT2D eigenvalue weighted by molar-refractivity contribution is 6.03. The van der Waals surface area contributed by atoms with Gasteiger partial charge in [0.2, 0.25) is 0 Å². The number of hydrogen-bond acceptors (Lipinski definition) is 3. The summed E-state index contributed by atoms with van der Waals surface area (Å²) in [5.74, 6) is 2.11. The molecule has 4 aliphatic rings. The van der Waals surface area contributed by atoms with Gasteiger partial charge >= 0.3 is 0 Å². The fourth-order valence-electron chi connectivity index (χ4n) is 7.49. The van der Waals surface area contributed by atoms with Gasteiger partial charge in [0, 0.05) is 17.2 Å². The summed E-state index contributed by atoms with van der Waals surface area (Å²) in [7, 11) is 0. The van der Waals surface area contributed by atoms with Crippen LogP contribution in [-0.4, -0.2) is 22.1 Å². The second kappa shape index (κ2) is 8.23. The molecule has 0 spiro atoms. The molecule has 1 atom stereocenters. The predicted molar refractivity (Wildman–Crippen MR) is 133 cm³/mol. The van der Waals surface area contributed by atoms with E-state index in [-0.39, 0.29) is 22.9 Å². The van der Waals surface area contributed by atoms with Crippen LogP contribution in [0.25, 0.3) is 22.4 Å². The molecule has 4 saturated carbocycles. The summed E-state index contributed by atoms with van der Waals surface area (Å²) in [4.78, 5) is 26.9. The van der Waals surface area contributed by atoms with Gasteiger partial charge in [-0.2, -0.15) is 5.10 Å². The molecule has 1 amide bonds. The molecular weight excluding hydrogens is 422 g/mol. The average Bonchev–Trinajstić information content (AvgIpc) is 2.84. The summed E-state index contributed by atoms with van der Waals surface area (Å²) in [6.07, 6.45) is 7.70. The van der Waals surface area contributed by atoms with Crippen LogP contribution >= 0.6 is 0 Å². The lowest BCUT2D eigenvalue weighted by molar-refractivity contribution is -0.0688. The summed E-state index contributed by atoms with van der Waals surface area (Å²) in [5.41, 5.74) is 2.74. The Balaban J connectivity index is 1.40. The Morgan fingerprint density at radius 2 is 1.44 bits per heavy atom. The Labute approximate surface area is 200 Å². The third-order valence-electron chi connectivity index (χ3n) is 8.67. The molecule has 4 aliphatic carbocycles. The number of nitrogens with one attached hydrogen (secondary N) is 2. The van der Waals surface area contributed by atoms with Crippen molar-refractivity contribution >= 4 is 5.91 Å². The Bertz CT molecular complexity index is 1230. The van der Waals surface area contributed by atoms with Crippen molar-refractivity contribution in [2.45, 2.75) is 51.5 Å². The zero-order chi connectivity index (χ0) is 23.3. The van der Waals surface area contributed by atoms with Crippen LogP contribution in [0.4, 0.5) is 0 Å². The number of nitrogens with zero attached hydrogens (tertiary/aromatic N) is 1. The average molecular weight is 454 g/mol. The Kier molecular flexibility index (Phi) is 5.16. The number of amides is 1. The van der Waals surface area contributed by atoms with Crippen LogP contribution in [0, 0.1) is 23.2 Å². The van der Waals surface area contributed by atoms with Crippen molar-refractivity contribution < 1.29 is 4.79 Å². The predicted octanol–water partition coefficient (Wildman–Crippen LogP) is 5.44. The number of hydrogen-bond donors (Lipinski definition) is 2. The third kappa shape index (κ3) is 3.58. The first-order valence-corrected chi connectivity index (χ1v) is 12.6. The molecule has 174 valence electrons.